The van der Waals surface area contributed by atoms with Crippen molar-refractivity contribution in [2.75, 3.05) is 7.11 Å². The molecule has 2 atom stereocenters. The summed E-state index contributed by atoms with van der Waals surface area (Å²) in [7, 11) is 1.47. The van der Waals surface area contributed by atoms with Crippen LogP contribution in [0.25, 0.3) is 0 Å². The Morgan fingerprint density at radius 3 is 2.60 bits per heavy atom. The van der Waals surface area contributed by atoms with Crippen molar-refractivity contribution >= 4 is 5.97 Å². The number of rotatable bonds is 1. The predicted octanol–water partition coefficient (Wildman–Crippen LogP) is 1.60. The Hall–Kier alpha value is -0.530. The molecule has 10 heavy (non-hydrogen) atoms. The minimum Gasteiger partial charge on any atom is -0.469 e. The molecule has 0 aromatic heterocycles. The van der Waals surface area contributed by atoms with Gasteiger partial charge in [-0.2, -0.15) is 0 Å². The molecule has 0 aliphatic heterocycles. The van der Waals surface area contributed by atoms with Crippen molar-refractivity contribution in [3.8, 4) is 0 Å². The fourth-order valence-electron chi connectivity index (χ4n) is 1.65. The van der Waals surface area contributed by atoms with Crippen molar-refractivity contribution in [3.05, 3.63) is 0 Å². The first-order valence-corrected chi connectivity index (χ1v) is 3.83. The highest BCUT2D eigenvalue weighted by atomic mass is 16.5. The molecule has 2 heteroatoms. The standard InChI is InChI=1S/C8H14O2/c1-6-4-3-5-7(6)8(9)10-2/h6-7H,3-5H2,1-2H3. The Morgan fingerprint density at radius 2 is 2.20 bits per heavy atom. The van der Waals surface area contributed by atoms with E-state index in [2.05, 4.69) is 11.7 Å². The van der Waals surface area contributed by atoms with Crippen LogP contribution >= 0.6 is 0 Å². The van der Waals surface area contributed by atoms with E-state index in [1.54, 1.807) is 0 Å². The molecular formula is C8H14O2. The van der Waals surface area contributed by atoms with Crippen molar-refractivity contribution in [1.29, 1.82) is 0 Å². The molecule has 0 spiro atoms. The van der Waals surface area contributed by atoms with Gasteiger partial charge in [-0.3, -0.25) is 4.79 Å². The van der Waals surface area contributed by atoms with Crippen LogP contribution in [0.1, 0.15) is 26.2 Å². The van der Waals surface area contributed by atoms with Gasteiger partial charge in [0.15, 0.2) is 0 Å². The average Bonchev–Trinajstić information content (AvgIpc) is 2.34. The summed E-state index contributed by atoms with van der Waals surface area (Å²) < 4.78 is 4.67. The second-order valence-corrected chi connectivity index (χ2v) is 3.04. The molecule has 1 saturated carbocycles. The molecule has 58 valence electrons. The summed E-state index contributed by atoms with van der Waals surface area (Å²) in [4.78, 5) is 11.0. The molecule has 1 fully saturated rings. The van der Waals surface area contributed by atoms with Crippen LogP contribution in [0.5, 0.6) is 0 Å². The van der Waals surface area contributed by atoms with E-state index in [1.165, 1.54) is 20.0 Å². The van der Waals surface area contributed by atoms with Gasteiger partial charge in [0.2, 0.25) is 0 Å². The number of hydrogen-bond donors (Lipinski definition) is 0. The van der Waals surface area contributed by atoms with Crippen LogP contribution < -0.4 is 0 Å². The predicted molar refractivity (Wildman–Crippen MR) is 38.5 cm³/mol. The molecule has 2 nitrogen and oxygen atoms in total. The first kappa shape index (κ1) is 7.58. The van der Waals surface area contributed by atoms with Crippen LogP contribution in [-0.2, 0) is 9.53 Å². The van der Waals surface area contributed by atoms with E-state index >= 15 is 0 Å². The van der Waals surface area contributed by atoms with Gasteiger partial charge in [-0.1, -0.05) is 13.3 Å². The summed E-state index contributed by atoms with van der Waals surface area (Å²) in [5.74, 6) is 0.697. The Bertz CT molecular complexity index is 131. The number of hydrogen-bond acceptors (Lipinski definition) is 2. The molecule has 1 rings (SSSR count). The monoisotopic (exact) mass is 142 g/mol. The molecule has 1 aliphatic rings. The van der Waals surface area contributed by atoms with Crippen LogP contribution in [0.15, 0.2) is 0 Å². The molecular weight excluding hydrogens is 128 g/mol. The molecule has 1 aliphatic carbocycles. The lowest BCUT2D eigenvalue weighted by Crippen LogP contribution is -2.17. The fourth-order valence-corrected chi connectivity index (χ4v) is 1.65. The molecule has 0 aromatic carbocycles. The van der Waals surface area contributed by atoms with E-state index in [0.717, 1.165) is 6.42 Å². The third kappa shape index (κ3) is 1.31. The summed E-state index contributed by atoms with van der Waals surface area (Å²) >= 11 is 0. The highest BCUT2D eigenvalue weighted by Gasteiger charge is 2.30. The van der Waals surface area contributed by atoms with E-state index in [0.29, 0.717) is 5.92 Å². The first-order chi connectivity index (χ1) is 4.75. The minimum atomic E-state index is -0.0231. The van der Waals surface area contributed by atoms with Crippen molar-refractivity contribution < 1.29 is 9.53 Å². The SMILES string of the molecule is COC(=O)C1CCCC1C. The molecule has 0 radical (unpaired) electrons. The van der Waals surface area contributed by atoms with Crippen LogP contribution in [0.4, 0.5) is 0 Å². The van der Waals surface area contributed by atoms with Gasteiger partial charge in [-0.15, -0.1) is 0 Å². The van der Waals surface area contributed by atoms with Crippen molar-refractivity contribution in [2.24, 2.45) is 11.8 Å². The Labute approximate surface area is 61.6 Å². The van der Waals surface area contributed by atoms with Gasteiger partial charge in [0.1, 0.15) is 0 Å². The third-order valence-corrected chi connectivity index (χ3v) is 2.37. The van der Waals surface area contributed by atoms with E-state index in [4.69, 9.17) is 0 Å². The second-order valence-electron chi connectivity index (χ2n) is 3.04. The van der Waals surface area contributed by atoms with Crippen LogP contribution in [0.2, 0.25) is 0 Å². The first-order valence-electron chi connectivity index (χ1n) is 3.83. The zero-order chi connectivity index (χ0) is 7.56. The number of carbonyl (C=O) groups is 1. The second kappa shape index (κ2) is 3.04. The molecule has 0 amide bonds. The zero-order valence-corrected chi connectivity index (χ0v) is 6.59. The Kier molecular flexibility index (Phi) is 2.30. The highest BCUT2D eigenvalue weighted by molar-refractivity contribution is 5.72. The number of esters is 1. The lowest BCUT2D eigenvalue weighted by Gasteiger charge is -2.11. The van der Waals surface area contributed by atoms with Crippen molar-refractivity contribution in [2.45, 2.75) is 26.2 Å². The van der Waals surface area contributed by atoms with E-state index in [-0.39, 0.29) is 11.9 Å². The Morgan fingerprint density at radius 1 is 1.50 bits per heavy atom. The average molecular weight is 142 g/mol. The normalized spacial score (nSPS) is 32.2. The van der Waals surface area contributed by atoms with Gasteiger partial charge in [0.25, 0.3) is 0 Å². The quantitative estimate of drug-likeness (QED) is 0.520. The Balaban J connectivity index is 2.46. The molecule has 0 bridgehead atoms. The van der Waals surface area contributed by atoms with Gasteiger partial charge in [0.05, 0.1) is 13.0 Å². The topological polar surface area (TPSA) is 26.3 Å². The van der Waals surface area contributed by atoms with Crippen molar-refractivity contribution in [3.63, 3.8) is 0 Å². The maximum atomic E-state index is 11.0. The molecule has 0 saturated heterocycles. The molecule has 0 heterocycles. The number of carbonyl (C=O) groups excluding carboxylic acids is 1. The number of ether oxygens (including phenoxy) is 1. The van der Waals surface area contributed by atoms with E-state index in [9.17, 15) is 4.79 Å². The smallest absolute Gasteiger partial charge is 0.308 e. The lowest BCUT2D eigenvalue weighted by atomic mass is 9.99. The van der Waals surface area contributed by atoms with Gasteiger partial charge >= 0.3 is 5.97 Å². The zero-order valence-electron chi connectivity index (χ0n) is 6.59. The maximum Gasteiger partial charge on any atom is 0.308 e. The van der Waals surface area contributed by atoms with Crippen LogP contribution in [0, 0.1) is 11.8 Å². The van der Waals surface area contributed by atoms with Crippen LogP contribution in [0.3, 0.4) is 0 Å². The highest BCUT2D eigenvalue weighted by Crippen LogP contribution is 2.31. The maximum absolute atomic E-state index is 11.0. The van der Waals surface area contributed by atoms with Gasteiger partial charge in [-0.25, -0.2) is 0 Å². The molecule has 0 aromatic rings. The summed E-state index contributed by atoms with van der Waals surface area (Å²) in [6.07, 6.45) is 3.38. The largest absolute Gasteiger partial charge is 0.469 e. The van der Waals surface area contributed by atoms with Crippen LogP contribution in [-0.4, -0.2) is 13.1 Å². The van der Waals surface area contributed by atoms with E-state index < -0.39 is 0 Å². The molecule has 2 unspecified atom stereocenters. The van der Waals surface area contributed by atoms with Gasteiger partial charge < -0.3 is 4.74 Å². The lowest BCUT2D eigenvalue weighted by molar-refractivity contribution is -0.146. The van der Waals surface area contributed by atoms with Gasteiger partial charge in [-0.05, 0) is 18.8 Å². The van der Waals surface area contributed by atoms with E-state index in [1.807, 2.05) is 0 Å². The summed E-state index contributed by atoms with van der Waals surface area (Å²) in [6.45, 7) is 2.12. The minimum absolute atomic E-state index is 0.0231. The third-order valence-electron chi connectivity index (χ3n) is 2.37. The summed E-state index contributed by atoms with van der Waals surface area (Å²) in [5.41, 5.74) is 0. The molecule has 0 N–H and O–H groups in total. The summed E-state index contributed by atoms with van der Waals surface area (Å²) in [5, 5.41) is 0. The number of methoxy groups -OCH3 is 1. The van der Waals surface area contributed by atoms with Crippen molar-refractivity contribution in [1.82, 2.24) is 0 Å². The fraction of sp³-hybridized carbons (Fsp3) is 0.875. The van der Waals surface area contributed by atoms with Gasteiger partial charge in [0, 0.05) is 0 Å². The summed E-state index contributed by atoms with van der Waals surface area (Å²) in [6, 6.07) is 0.